The lowest BCUT2D eigenvalue weighted by Gasteiger charge is -2.42. The van der Waals surface area contributed by atoms with Gasteiger partial charge in [0.2, 0.25) is 5.91 Å². The van der Waals surface area contributed by atoms with E-state index in [-0.39, 0.29) is 15.9 Å². The zero-order chi connectivity index (χ0) is 47.5. The highest BCUT2D eigenvalue weighted by Crippen LogP contribution is 2.60. The Morgan fingerprint density at radius 3 is 1.84 bits per heavy atom. The first-order valence-corrected chi connectivity index (χ1v) is 17.1. The molecule has 0 bridgehead atoms. The van der Waals surface area contributed by atoms with Crippen LogP contribution in [0.4, 0.5) is 57.1 Å². The van der Waals surface area contributed by atoms with Gasteiger partial charge in [-0.05, 0) is 17.7 Å². The van der Waals surface area contributed by atoms with Crippen LogP contribution in [0.5, 0.6) is 0 Å². The van der Waals surface area contributed by atoms with Crippen molar-refractivity contribution in [1.82, 2.24) is 10.6 Å². The molecule has 0 aromatic heterocycles. The molecule has 9 atom stereocenters. The lowest BCUT2D eigenvalue weighted by atomic mass is 9.92. The number of amides is 2. The van der Waals surface area contributed by atoms with Crippen LogP contribution in [0.15, 0.2) is 24.3 Å². The summed E-state index contributed by atoms with van der Waals surface area (Å²) in [7, 11) is 0. The van der Waals surface area contributed by atoms with Gasteiger partial charge in [-0.1, -0.05) is 12.1 Å². The Kier molecular flexibility index (Phi) is 17.0. The summed E-state index contributed by atoms with van der Waals surface area (Å²) >= 11 is 0. The lowest BCUT2D eigenvalue weighted by molar-refractivity contribution is -0.533. The van der Waals surface area contributed by atoms with Crippen LogP contribution in [0.1, 0.15) is 31.4 Å². The second-order valence-electron chi connectivity index (χ2n) is 14.2. The Labute approximate surface area is 334 Å². The third-order valence-corrected chi connectivity index (χ3v) is 9.04. The van der Waals surface area contributed by atoms with E-state index in [4.69, 9.17) is 9.47 Å². The first kappa shape index (κ1) is 53.5. The number of nitrogens with one attached hydrogen (secondary N) is 2. The monoisotopic (exact) mass is 921 g/mol. The maximum Gasteiger partial charge on any atom is 0.460 e. The van der Waals surface area contributed by atoms with Gasteiger partial charge in [0, 0.05) is 26.0 Å². The highest BCUT2D eigenvalue weighted by atomic mass is 19.4. The number of aliphatic hydroxyl groups excluding tert-OH is 8. The maximum atomic E-state index is 14.1. The minimum Gasteiger partial charge on any atom is -0.623 e. The number of benzene rings is 1. The van der Waals surface area contributed by atoms with Crippen molar-refractivity contribution < 1.29 is 122 Å². The number of ether oxygens (including phenoxy) is 2. The molecular weight excluding hydrogens is 881 g/mol. The van der Waals surface area contributed by atoms with Gasteiger partial charge in [-0.3, -0.25) is 9.59 Å². The topological polar surface area (TPSA) is 265 Å². The van der Waals surface area contributed by atoms with E-state index in [1.54, 1.807) is 0 Å². The smallest absolute Gasteiger partial charge is 0.460 e. The van der Waals surface area contributed by atoms with Gasteiger partial charge in [-0.2, -0.15) is 57.1 Å². The number of nitrogens with zero attached hydrogens (tertiary/aromatic N) is 1. The van der Waals surface area contributed by atoms with Crippen molar-refractivity contribution in [3.8, 4) is 0 Å². The summed E-state index contributed by atoms with van der Waals surface area (Å²) in [5.41, 5.74) is -1.68. The minimum absolute atomic E-state index is 0.0242. The molecule has 1 fully saturated rings. The van der Waals surface area contributed by atoms with Crippen LogP contribution >= 0.6 is 0 Å². The van der Waals surface area contributed by atoms with E-state index in [0.717, 1.165) is 20.1 Å². The van der Waals surface area contributed by atoms with Crippen molar-refractivity contribution in [1.29, 1.82) is 0 Å². The summed E-state index contributed by atoms with van der Waals surface area (Å²) in [6.07, 6.45) is -28.3. The Morgan fingerprint density at radius 1 is 0.820 bits per heavy atom. The van der Waals surface area contributed by atoms with Crippen LogP contribution in [-0.4, -0.2) is 180 Å². The van der Waals surface area contributed by atoms with E-state index in [9.17, 15) is 113 Å². The molecule has 0 spiro atoms. The number of hydrogen-bond donors (Lipinski definition) is 10. The Hall–Kier alpha value is -3.68. The van der Waals surface area contributed by atoms with Crippen molar-refractivity contribution in [2.24, 2.45) is 0 Å². The van der Waals surface area contributed by atoms with E-state index in [2.05, 4.69) is 5.32 Å². The highest BCUT2D eigenvalue weighted by Gasteiger charge is 2.90. The van der Waals surface area contributed by atoms with Crippen LogP contribution in [0.3, 0.4) is 0 Å². The fourth-order valence-corrected chi connectivity index (χ4v) is 5.07. The third kappa shape index (κ3) is 11.3. The third-order valence-electron chi connectivity index (χ3n) is 9.04. The first-order valence-electron chi connectivity index (χ1n) is 17.1. The number of aliphatic hydroxyl groups is 8. The van der Waals surface area contributed by atoms with E-state index in [1.165, 1.54) is 29.6 Å². The average Bonchev–Trinajstić information content (AvgIpc) is 3.16. The van der Waals surface area contributed by atoms with Crippen LogP contribution in [0.25, 0.3) is 0 Å². The summed E-state index contributed by atoms with van der Waals surface area (Å²) in [4.78, 5) is 24.6. The number of alkyl halides is 13. The standard InChI is InChI=1S/C32H40F13N3O13/c1-26(2,12-47-17(52)7-27(33,34)28(35,36)29(37,38)30(39,40)31(41,42)32(43,44)45)48(59)9-14-5-3-13(4-6-14)8-46-24(58)21(56)20(55)23(15(51)10-49)61-25-22(57)19(54)18(53)16(11-50)60-25/h3-6,9,15-16,18-23,25,49-51,53-57H,7-8,10-12H2,1-2H3,(H,46,58)(H,47,52)/b48-9-/t15-,16-,18+,19+,20-,21-,22-,23-,25+/m1/s1. The summed E-state index contributed by atoms with van der Waals surface area (Å²) in [6.45, 7) is -1.58. The Bertz CT molecular complexity index is 1670. The van der Waals surface area contributed by atoms with E-state index < -0.39 is 141 Å². The molecule has 2 amide bonds. The van der Waals surface area contributed by atoms with Crippen molar-refractivity contribution in [2.75, 3.05) is 19.8 Å². The number of hydroxylamine groups is 1. The predicted octanol–water partition coefficient (Wildman–Crippen LogP) is -0.484. The largest absolute Gasteiger partial charge is 0.623 e. The molecule has 1 saturated heterocycles. The summed E-state index contributed by atoms with van der Waals surface area (Å²) in [6, 6.07) is 4.92. The Morgan fingerprint density at radius 2 is 1.34 bits per heavy atom. The van der Waals surface area contributed by atoms with E-state index >= 15 is 0 Å². The van der Waals surface area contributed by atoms with Gasteiger partial charge in [0.05, 0.1) is 26.2 Å². The molecule has 0 unspecified atom stereocenters. The van der Waals surface area contributed by atoms with Crippen LogP contribution in [0.2, 0.25) is 0 Å². The minimum atomic E-state index is -8.14. The number of carbonyl (C=O) groups is 2. The molecule has 29 heteroatoms. The van der Waals surface area contributed by atoms with Crippen LogP contribution in [-0.2, 0) is 25.6 Å². The highest BCUT2D eigenvalue weighted by molar-refractivity contribution is 5.81. The number of rotatable bonds is 20. The second-order valence-corrected chi connectivity index (χ2v) is 14.2. The summed E-state index contributed by atoms with van der Waals surface area (Å²) in [5, 5.41) is 96.3. The molecule has 0 saturated carbocycles. The molecule has 352 valence electrons. The zero-order valence-corrected chi connectivity index (χ0v) is 31.1. The van der Waals surface area contributed by atoms with Crippen molar-refractivity contribution in [3.63, 3.8) is 0 Å². The molecule has 1 heterocycles. The van der Waals surface area contributed by atoms with Gasteiger partial charge in [-0.15, -0.1) is 0 Å². The van der Waals surface area contributed by atoms with E-state index in [1.807, 2.05) is 0 Å². The number of hydrogen-bond acceptors (Lipinski definition) is 13. The van der Waals surface area contributed by atoms with E-state index in [0.29, 0.717) is 0 Å². The summed E-state index contributed by atoms with van der Waals surface area (Å²) in [5.74, 6) is -42.2. The van der Waals surface area contributed by atoms with Gasteiger partial charge in [-0.25, -0.2) is 4.74 Å². The first-order chi connectivity index (χ1) is 27.6. The average molecular weight is 922 g/mol. The SMILES string of the molecule is CC(C)(CNC(=O)CC(F)(F)C(F)(F)C(F)(F)C(F)(F)C(F)(F)C(F)(F)F)/[N+]([O-])=C/c1ccc(CNC(=O)[C@H](O)[C@@H](O)[C@H](O[C@@H]2O[C@H](CO)[C@H](O)[C@H](O)[C@H]2O)[C@H](O)CO)cc1. The van der Waals surface area contributed by atoms with Gasteiger partial charge < -0.3 is 66.2 Å². The molecule has 10 N–H and O–H groups in total. The van der Waals surface area contributed by atoms with Gasteiger partial charge >= 0.3 is 35.8 Å². The lowest BCUT2D eigenvalue weighted by Crippen LogP contribution is -2.70. The quantitative estimate of drug-likeness (QED) is 0.0261. The van der Waals surface area contributed by atoms with Crippen LogP contribution in [0, 0.1) is 5.21 Å². The number of carbonyl (C=O) groups excluding carboxylic acids is 2. The van der Waals surface area contributed by atoms with Gasteiger partial charge in [0.1, 0.15) is 42.7 Å². The maximum absolute atomic E-state index is 14.1. The molecule has 1 aliphatic rings. The molecule has 1 aromatic carbocycles. The zero-order valence-electron chi connectivity index (χ0n) is 31.1. The molecular formula is C32H40F13N3O13. The Balaban J connectivity index is 2.07. The summed E-state index contributed by atoms with van der Waals surface area (Å²) < 4.78 is 184. The fourth-order valence-electron chi connectivity index (χ4n) is 5.07. The van der Waals surface area contributed by atoms with Gasteiger partial charge in [0.15, 0.2) is 24.1 Å². The molecule has 61 heavy (non-hydrogen) atoms. The van der Waals surface area contributed by atoms with Gasteiger partial charge in [0.25, 0.3) is 5.91 Å². The normalized spacial score (nSPS) is 23.5. The molecule has 1 aliphatic heterocycles. The predicted molar refractivity (Wildman–Crippen MR) is 173 cm³/mol. The van der Waals surface area contributed by atoms with Crippen molar-refractivity contribution >= 4 is 18.0 Å². The number of halogens is 13. The second kappa shape index (κ2) is 19.4. The molecule has 0 radical (unpaired) electrons. The molecule has 1 aromatic rings. The van der Waals surface area contributed by atoms with Crippen molar-refractivity contribution in [3.05, 3.63) is 40.6 Å². The molecule has 16 nitrogen and oxygen atoms in total. The molecule has 0 aliphatic carbocycles. The molecule has 2 rings (SSSR count). The van der Waals surface area contributed by atoms with Crippen LogP contribution < -0.4 is 10.6 Å². The fraction of sp³-hybridized carbons (Fsp3) is 0.719. The van der Waals surface area contributed by atoms with Crippen molar-refractivity contribution in [2.45, 2.75) is 123 Å².